The van der Waals surface area contributed by atoms with Gasteiger partial charge in [-0.2, -0.15) is 0 Å². The van der Waals surface area contributed by atoms with E-state index in [1.165, 1.54) is 32.1 Å². The van der Waals surface area contributed by atoms with Crippen LogP contribution >= 0.6 is 0 Å². The first kappa shape index (κ1) is 12.4. The summed E-state index contributed by atoms with van der Waals surface area (Å²) in [5, 5.41) is 3.59. The fourth-order valence-corrected chi connectivity index (χ4v) is 3.24. The molecule has 1 unspecified atom stereocenters. The summed E-state index contributed by atoms with van der Waals surface area (Å²) in [6, 6.07) is 0. The Labute approximate surface area is 100 Å². The van der Waals surface area contributed by atoms with Gasteiger partial charge >= 0.3 is 0 Å². The van der Waals surface area contributed by atoms with Gasteiger partial charge in [-0.05, 0) is 44.9 Å². The van der Waals surface area contributed by atoms with Crippen LogP contribution in [0.15, 0.2) is 0 Å². The molecule has 2 nitrogen and oxygen atoms in total. The summed E-state index contributed by atoms with van der Waals surface area (Å²) in [6.07, 6.45) is 7.69. The maximum atomic E-state index is 6.48. The third-order valence-electron chi connectivity index (χ3n) is 4.75. The molecule has 2 rings (SSSR count). The largest absolute Gasteiger partial charge is 0.366 e. The topological polar surface area (TPSA) is 21.3 Å². The molecule has 16 heavy (non-hydrogen) atoms. The van der Waals surface area contributed by atoms with Crippen molar-refractivity contribution in [2.45, 2.75) is 70.5 Å². The molecule has 2 heteroatoms. The summed E-state index contributed by atoms with van der Waals surface area (Å²) in [4.78, 5) is 0. The van der Waals surface area contributed by atoms with Crippen LogP contribution in [0.5, 0.6) is 0 Å². The Morgan fingerprint density at radius 3 is 2.44 bits per heavy atom. The lowest BCUT2D eigenvalue weighted by atomic mass is 9.76. The summed E-state index contributed by atoms with van der Waals surface area (Å²) >= 11 is 0. The highest BCUT2D eigenvalue weighted by Gasteiger charge is 2.43. The number of rotatable bonds is 2. The van der Waals surface area contributed by atoms with Crippen LogP contribution in [0.2, 0.25) is 0 Å². The maximum Gasteiger partial charge on any atom is 0.0814 e. The van der Waals surface area contributed by atoms with Gasteiger partial charge < -0.3 is 10.1 Å². The molecule has 0 aromatic carbocycles. The molecular weight excluding hydrogens is 198 g/mol. The Hall–Kier alpha value is -0.0800. The highest BCUT2D eigenvalue weighted by Crippen LogP contribution is 2.40. The van der Waals surface area contributed by atoms with Crippen molar-refractivity contribution in [3.8, 4) is 0 Å². The summed E-state index contributed by atoms with van der Waals surface area (Å²) < 4.78 is 6.48. The molecule has 1 aliphatic heterocycles. The van der Waals surface area contributed by atoms with Crippen molar-refractivity contribution in [3.05, 3.63) is 0 Å². The molecule has 1 atom stereocenters. The zero-order valence-electron chi connectivity index (χ0n) is 11.1. The predicted octanol–water partition coefficient (Wildman–Crippen LogP) is 3.11. The van der Waals surface area contributed by atoms with Crippen LogP contribution in [0.1, 0.15) is 59.3 Å². The van der Waals surface area contributed by atoms with Crippen molar-refractivity contribution >= 4 is 0 Å². The van der Waals surface area contributed by atoms with Gasteiger partial charge in [0.15, 0.2) is 0 Å². The van der Waals surface area contributed by atoms with Gasteiger partial charge in [0.1, 0.15) is 0 Å². The minimum absolute atomic E-state index is 0.0668. The average Bonchev–Trinajstić information content (AvgIpc) is 2.30. The van der Waals surface area contributed by atoms with Gasteiger partial charge in [0.25, 0.3) is 0 Å². The van der Waals surface area contributed by atoms with Crippen molar-refractivity contribution < 1.29 is 4.74 Å². The zero-order valence-corrected chi connectivity index (χ0v) is 11.1. The predicted molar refractivity (Wildman–Crippen MR) is 67.6 cm³/mol. The van der Waals surface area contributed by atoms with Crippen LogP contribution in [0.25, 0.3) is 0 Å². The lowest BCUT2D eigenvalue weighted by Gasteiger charge is -2.50. The minimum atomic E-state index is 0.0668. The molecule has 1 N–H and O–H groups in total. The molecule has 0 aromatic heterocycles. The van der Waals surface area contributed by atoms with Crippen molar-refractivity contribution in [2.24, 2.45) is 5.92 Å². The number of hydrogen-bond donors (Lipinski definition) is 1. The standard InChI is InChI=1S/C14H27NO/c1-4-12-6-8-14(9-7-12)11-15-10-13(3,5-2)16-14/h12,15H,4-11H2,1-3H3. The Morgan fingerprint density at radius 1 is 1.19 bits per heavy atom. The molecule has 2 fully saturated rings. The van der Waals surface area contributed by atoms with Gasteiger partial charge in [-0.25, -0.2) is 0 Å². The smallest absolute Gasteiger partial charge is 0.0814 e. The van der Waals surface area contributed by atoms with E-state index in [1.807, 2.05) is 0 Å². The highest BCUT2D eigenvalue weighted by atomic mass is 16.5. The van der Waals surface area contributed by atoms with Crippen molar-refractivity contribution in [1.29, 1.82) is 0 Å². The normalized spacial score (nSPS) is 44.8. The van der Waals surface area contributed by atoms with Crippen LogP contribution in [0, 0.1) is 5.92 Å². The number of hydrogen-bond acceptors (Lipinski definition) is 2. The van der Waals surface area contributed by atoms with E-state index >= 15 is 0 Å². The third kappa shape index (κ3) is 2.43. The Balaban J connectivity index is 1.98. The molecular formula is C14H27NO. The van der Waals surface area contributed by atoms with E-state index in [9.17, 15) is 0 Å². The van der Waals surface area contributed by atoms with Crippen LogP contribution in [0.3, 0.4) is 0 Å². The maximum absolute atomic E-state index is 6.48. The minimum Gasteiger partial charge on any atom is -0.366 e. The van der Waals surface area contributed by atoms with E-state index in [2.05, 4.69) is 26.1 Å². The second-order valence-corrected chi connectivity index (χ2v) is 6.04. The van der Waals surface area contributed by atoms with Crippen LogP contribution in [-0.2, 0) is 4.74 Å². The van der Waals surface area contributed by atoms with E-state index in [0.717, 1.165) is 25.4 Å². The van der Waals surface area contributed by atoms with Gasteiger partial charge in [-0.1, -0.05) is 20.3 Å². The average molecular weight is 225 g/mol. The van der Waals surface area contributed by atoms with Crippen molar-refractivity contribution in [1.82, 2.24) is 5.32 Å². The third-order valence-corrected chi connectivity index (χ3v) is 4.75. The SMILES string of the molecule is CCC1CCC2(CC1)CNCC(C)(CC)O2. The second kappa shape index (κ2) is 4.66. The van der Waals surface area contributed by atoms with Crippen LogP contribution in [-0.4, -0.2) is 24.3 Å². The van der Waals surface area contributed by atoms with Crippen LogP contribution < -0.4 is 5.32 Å². The fraction of sp³-hybridized carbons (Fsp3) is 1.00. The molecule has 0 bridgehead atoms. The van der Waals surface area contributed by atoms with E-state index in [4.69, 9.17) is 4.74 Å². The summed E-state index contributed by atoms with van der Waals surface area (Å²) in [6.45, 7) is 8.89. The van der Waals surface area contributed by atoms with Gasteiger partial charge in [-0.15, -0.1) is 0 Å². The summed E-state index contributed by atoms with van der Waals surface area (Å²) in [5.41, 5.74) is 0.228. The monoisotopic (exact) mass is 225 g/mol. The Morgan fingerprint density at radius 2 is 1.88 bits per heavy atom. The van der Waals surface area contributed by atoms with Gasteiger partial charge in [0, 0.05) is 13.1 Å². The molecule has 1 saturated carbocycles. The second-order valence-electron chi connectivity index (χ2n) is 6.04. The van der Waals surface area contributed by atoms with E-state index in [-0.39, 0.29) is 11.2 Å². The first-order valence-electron chi connectivity index (χ1n) is 7.02. The van der Waals surface area contributed by atoms with E-state index in [0.29, 0.717) is 0 Å². The zero-order chi connectivity index (χ0) is 11.6. The molecule has 94 valence electrons. The Bertz CT molecular complexity index is 233. The van der Waals surface area contributed by atoms with Crippen molar-refractivity contribution in [3.63, 3.8) is 0 Å². The number of nitrogens with one attached hydrogen (secondary N) is 1. The highest BCUT2D eigenvalue weighted by molar-refractivity contribution is 4.96. The van der Waals surface area contributed by atoms with Gasteiger partial charge in [0.05, 0.1) is 11.2 Å². The summed E-state index contributed by atoms with van der Waals surface area (Å²) in [7, 11) is 0. The lowest BCUT2D eigenvalue weighted by Crippen LogP contribution is -2.60. The first-order chi connectivity index (χ1) is 7.61. The molecule has 1 spiro atoms. The molecule has 0 amide bonds. The Kier molecular flexibility index (Phi) is 3.60. The van der Waals surface area contributed by atoms with E-state index < -0.39 is 0 Å². The molecule has 0 radical (unpaired) electrons. The first-order valence-corrected chi connectivity index (χ1v) is 7.02. The van der Waals surface area contributed by atoms with Gasteiger partial charge in [-0.3, -0.25) is 0 Å². The molecule has 1 saturated heterocycles. The van der Waals surface area contributed by atoms with Crippen molar-refractivity contribution in [2.75, 3.05) is 13.1 Å². The molecule has 1 heterocycles. The quantitative estimate of drug-likeness (QED) is 0.779. The van der Waals surface area contributed by atoms with E-state index in [1.54, 1.807) is 0 Å². The van der Waals surface area contributed by atoms with Gasteiger partial charge in [0.2, 0.25) is 0 Å². The number of morpholine rings is 1. The number of ether oxygens (including phenoxy) is 1. The molecule has 1 aliphatic carbocycles. The lowest BCUT2D eigenvalue weighted by molar-refractivity contribution is -0.188. The molecule has 2 aliphatic rings. The van der Waals surface area contributed by atoms with Crippen LogP contribution in [0.4, 0.5) is 0 Å². The summed E-state index contributed by atoms with van der Waals surface area (Å²) in [5.74, 6) is 0.948. The fourth-order valence-electron chi connectivity index (χ4n) is 3.24. The molecule has 0 aromatic rings.